The van der Waals surface area contributed by atoms with Crippen LogP contribution in [0.4, 0.5) is 11.4 Å². The van der Waals surface area contributed by atoms with Crippen LogP contribution in [0.5, 0.6) is 0 Å². The van der Waals surface area contributed by atoms with Crippen LogP contribution < -0.4 is 16.0 Å². The fourth-order valence-corrected chi connectivity index (χ4v) is 3.11. The summed E-state index contributed by atoms with van der Waals surface area (Å²) in [7, 11) is 0. The Morgan fingerprint density at radius 3 is 2.54 bits per heavy atom. The SMILES string of the molecule is CC(=O)Nc1cc(NC(=O)CC(C)C2CCNCC2)ccc1C.Cl. The lowest BCUT2D eigenvalue weighted by atomic mass is 9.84. The number of carbonyl (C=O) groups is 2. The van der Waals surface area contributed by atoms with Crippen LogP contribution in [0.2, 0.25) is 0 Å². The molecule has 1 saturated heterocycles. The molecule has 1 heterocycles. The number of amides is 2. The molecule has 1 atom stereocenters. The van der Waals surface area contributed by atoms with E-state index in [1.807, 2.05) is 25.1 Å². The van der Waals surface area contributed by atoms with Crippen LogP contribution in [0.1, 0.15) is 38.7 Å². The minimum absolute atomic E-state index is 0. The molecule has 0 aliphatic carbocycles. The van der Waals surface area contributed by atoms with Crippen molar-refractivity contribution < 1.29 is 9.59 Å². The van der Waals surface area contributed by atoms with E-state index in [0.717, 1.165) is 42.9 Å². The van der Waals surface area contributed by atoms with E-state index in [9.17, 15) is 9.59 Å². The summed E-state index contributed by atoms with van der Waals surface area (Å²) in [5.74, 6) is 0.928. The largest absolute Gasteiger partial charge is 0.326 e. The molecular formula is C18H28ClN3O2. The molecule has 5 nitrogen and oxygen atoms in total. The van der Waals surface area contributed by atoms with Gasteiger partial charge in [0.2, 0.25) is 11.8 Å². The van der Waals surface area contributed by atoms with E-state index in [1.165, 1.54) is 6.92 Å². The number of aryl methyl sites for hydroxylation is 1. The second-order valence-electron chi connectivity index (χ2n) is 6.53. The third-order valence-corrected chi connectivity index (χ3v) is 4.53. The normalized spacial score (nSPS) is 16.0. The molecule has 0 spiro atoms. The van der Waals surface area contributed by atoms with Gasteiger partial charge in [-0.2, -0.15) is 0 Å². The lowest BCUT2D eigenvalue weighted by Crippen LogP contribution is -2.32. The fraction of sp³-hybridized carbons (Fsp3) is 0.556. The maximum absolute atomic E-state index is 12.3. The third kappa shape index (κ3) is 6.13. The zero-order chi connectivity index (χ0) is 16.8. The highest BCUT2D eigenvalue weighted by atomic mass is 35.5. The first-order chi connectivity index (χ1) is 11.0. The number of carbonyl (C=O) groups excluding carboxylic acids is 2. The average Bonchev–Trinajstić information content (AvgIpc) is 2.51. The van der Waals surface area contributed by atoms with E-state index in [4.69, 9.17) is 0 Å². The molecule has 134 valence electrons. The van der Waals surface area contributed by atoms with Crippen molar-refractivity contribution in [2.75, 3.05) is 23.7 Å². The number of rotatable bonds is 5. The van der Waals surface area contributed by atoms with Crippen molar-refractivity contribution >= 4 is 35.6 Å². The summed E-state index contributed by atoms with van der Waals surface area (Å²) >= 11 is 0. The Balaban J connectivity index is 0.00000288. The van der Waals surface area contributed by atoms with Gasteiger partial charge in [-0.1, -0.05) is 13.0 Å². The molecule has 1 aromatic carbocycles. The van der Waals surface area contributed by atoms with Gasteiger partial charge in [-0.3, -0.25) is 9.59 Å². The average molecular weight is 354 g/mol. The second-order valence-corrected chi connectivity index (χ2v) is 6.53. The number of piperidine rings is 1. The lowest BCUT2D eigenvalue weighted by Gasteiger charge is -2.27. The quantitative estimate of drug-likeness (QED) is 0.760. The minimum Gasteiger partial charge on any atom is -0.326 e. The minimum atomic E-state index is -0.115. The number of nitrogens with one attached hydrogen (secondary N) is 3. The molecule has 1 aliphatic heterocycles. The first-order valence-electron chi connectivity index (χ1n) is 8.34. The van der Waals surface area contributed by atoms with Gasteiger partial charge >= 0.3 is 0 Å². The first kappa shape index (κ1) is 20.5. The second kappa shape index (κ2) is 9.64. The van der Waals surface area contributed by atoms with Gasteiger partial charge in [0, 0.05) is 24.7 Å². The predicted molar refractivity (Wildman–Crippen MR) is 101 cm³/mol. The molecule has 1 aromatic rings. The molecule has 0 radical (unpaired) electrons. The molecule has 6 heteroatoms. The maximum atomic E-state index is 12.3. The Morgan fingerprint density at radius 2 is 1.92 bits per heavy atom. The molecule has 2 amide bonds. The van der Waals surface area contributed by atoms with E-state index in [-0.39, 0.29) is 24.2 Å². The Bertz CT molecular complexity index is 571. The van der Waals surface area contributed by atoms with E-state index in [1.54, 1.807) is 0 Å². The monoisotopic (exact) mass is 353 g/mol. The molecule has 3 N–H and O–H groups in total. The predicted octanol–water partition coefficient (Wildman–Crippen LogP) is 3.34. The van der Waals surface area contributed by atoms with Crippen LogP contribution in [0, 0.1) is 18.8 Å². The standard InChI is InChI=1S/C18H27N3O2.ClH/c1-12-4-5-16(11-17(12)20-14(3)22)21-18(23)10-13(2)15-6-8-19-9-7-15;/h4-5,11,13,15,19H,6-10H2,1-3H3,(H,20,22)(H,21,23);1H. The molecule has 0 aromatic heterocycles. The van der Waals surface area contributed by atoms with Crippen molar-refractivity contribution in [2.24, 2.45) is 11.8 Å². The summed E-state index contributed by atoms with van der Waals surface area (Å²) in [6.07, 6.45) is 2.82. The number of hydrogen-bond acceptors (Lipinski definition) is 3. The summed E-state index contributed by atoms with van der Waals surface area (Å²) < 4.78 is 0. The number of hydrogen-bond donors (Lipinski definition) is 3. The zero-order valence-electron chi connectivity index (χ0n) is 14.6. The van der Waals surface area contributed by atoms with Crippen LogP contribution in [-0.4, -0.2) is 24.9 Å². The highest BCUT2D eigenvalue weighted by Gasteiger charge is 2.22. The molecular weight excluding hydrogens is 326 g/mol. The highest BCUT2D eigenvalue weighted by Crippen LogP contribution is 2.25. The Morgan fingerprint density at radius 1 is 1.25 bits per heavy atom. The summed E-state index contributed by atoms with van der Waals surface area (Å²) in [4.78, 5) is 23.5. The summed E-state index contributed by atoms with van der Waals surface area (Å²) in [5, 5.41) is 9.08. The molecule has 1 fully saturated rings. The van der Waals surface area contributed by atoms with Crippen molar-refractivity contribution in [2.45, 2.75) is 40.0 Å². The molecule has 1 unspecified atom stereocenters. The van der Waals surface area contributed by atoms with Crippen LogP contribution in [0.3, 0.4) is 0 Å². The van der Waals surface area contributed by atoms with Gasteiger partial charge in [0.15, 0.2) is 0 Å². The van der Waals surface area contributed by atoms with Crippen LogP contribution >= 0.6 is 12.4 Å². The van der Waals surface area contributed by atoms with Gasteiger partial charge in [0.1, 0.15) is 0 Å². The molecule has 1 aliphatic rings. The fourth-order valence-electron chi connectivity index (χ4n) is 3.11. The molecule has 24 heavy (non-hydrogen) atoms. The first-order valence-corrected chi connectivity index (χ1v) is 8.34. The summed E-state index contributed by atoms with van der Waals surface area (Å²) in [5.41, 5.74) is 2.44. The van der Waals surface area contributed by atoms with Gasteiger partial charge in [0.25, 0.3) is 0 Å². The van der Waals surface area contributed by atoms with Crippen molar-refractivity contribution in [3.8, 4) is 0 Å². The Kier molecular flexibility index (Phi) is 8.22. The van der Waals surface area contributed by atoms with Gasteiger partial charge in [-0.25, -0.2) is 0 Å². The van der Waals surface area contributed by atoms with E-state index < -0.39 is 0 Å². The number of anilines is 2. The third-order valence-electron chi connectivity index (χ3n) is 4.53. The molecule has 2 rings (SSSR count). The number of halogens is 1. The highest BCUT2D eigenvalue weighted by molar-refractivity contribution is 5.94. The zero-order valence-corrected chi connectivity index (χ0v) is 15.5. The Hall–Kier alpha value is -1.59. The van der Waals surface area contributed by atoms with Gasteiger partial charge in [-0.05, 0) is 62.4 Å². The molecule has 0 saturated carbocycles. The van der Waals surface area contributed by atoms with E-state index in [0.29, 0.717) is 18.3 Å². The summed E-state index contributed by atoms with van der Waals surface area (Å²) in [6, 6.07) is 5.58. The van der Waals surface area contributed by atoms with Crippen molar-refractivity contribution in [3.63, 3.8) is 0 Å². The number of benzene rings is 1. The van der Waals surface area contributed by atoms with Crippen LogP contribution in [0.25, 0.3) is 0 Å². The molecule has 0 bridgehead atoms. The van der Waals surface area contributed by atoms with Gasteiger partial charge in [0.05, 0.1) is 0 Å². The van der Waals surface area contributed by atoms with Gasteiger partial charge < -0.3 is 16.0 Å². The van der Waals surface area contributed by atoms with E-state index >= 15 is 0 Å². The van der Waals surface area contributed by atoms with Crippen LogP contribution in [0.15, 0.2) is 18.2 Å². The topological polar surface area (TPSA) is 70.2 Å². The maximum Gasteiger partial charge on any atom is 0.224 e. The van der Waals surface area contributed by atoms with Gasteiger partial charge in [-0.15, -0.1) is 12.4 Å². The van der Waals surface area contributed by atoms with E-state index in [2.05, 4.69) is 22.9 Å². The van der Waals surface area contributed by atoms with Crippen molar-refractivity contribution in [1.82, 2.24) is 5.32 Å². The smallest absolute Gasteiger partial charge is 0.224 e. The van der Waals surface area contributed by atoms with Crippen LogP contribution in [-0.2, 0) is 9.59 Å². The lowest BCUT2D eigenvalue weighted by molar-refractivity contribution is -0.117. The Labute approximate surface area is 150 Å². The summed E-state index contributed by atoms with van der Waals surface area (Å²) in [6.45, 7) is 7.66. The van der Waals surface area contributed by atoms with Crippen molar-refractivity contribution in [1.29, 1.82) is 0 Å². The van der Waals surface area contributed by atoms with Crippen molar-refractivity contribution in [3.05, 3.63) is 23.8 Å².